The molecule has 0 unspecified atom stereocenters. The molecule has 0 saturated carbocycles. The minimum Gasteiger partial charge on any atom is -0.347 e. The molecule has 1 aromatic carbocycles. The minimum atomic E-state index is -4.88. The van der Waals surface area contributed by atoms with Crippen molar-refractivity contribution < 1.29 is 30.6 Å². The van der Waals surface area contributed by atoms with Crippen LogP contribution in [-0.2, 0) is 23.7 Å². The van der Waals surface area contributed by atoms with E-state index < -0.39 is 45.3 Å². The number of hydrogen-bond donors (Lipinski definition) is 1. The summed E-state index contributed by atoms with van der Waals surface area (Å²) in [5.41, 5.74) is -1.61. The highest BCUT2D eigenvalue weighted by Crippen LogP contribution is 2.43. The summed E-state index contributed by atoms with van der Waals surface area (Å²) in [4.78, 5) is 0. The molecule has 3 nitrogen and oxygen atoms in total. The minimum absolute atomic E-state index is 0.194. The Balaban J connectivity index is 2.82. The summed E-state index contributed by atoms with van der Waals surface area (Å²) in [6.45, 7) is 10.4. The topological polar surface area (TPSA) is 34.0 Å². The largest absolute Gasteiger partial charge is 0.417 e. The predicted octanol–water partition coefficient (Wildman–Crippen LogP) is 7.12. The number of alkyl halides is 6. The molecule has 0 aliphatic carbocycles. The number of fused-ring (bicyclic) bond motifs is 1. The lowest BCUT2D eigenvalue weighted by Gasteiger charge is -2.26. The first-order valence-electron chi connectivity index (χ1n) is 9.36. The molecule has 31 heavy (non-hydrogen) atoms. The van der Waals surface area contributed by atoms with Gasteiger partial charge in [0.05, 0.1) is 21.3 Å². The number of hydrogen-bond acceptors (Lipinski definition) is 1. The van der Waals surface area contributed by atoms with Crippen LogP contribution in [0.5, 0.6) is 0 Å². The highest BCUT2D eigenvalue weighted by atomic mass is 79.9. The van der Waals surface area contributed by atoms with Crippen molar-refractivity contribution in [2.45, 2.75) is 71.2 Å². The van der Waals surface area contributed by atoms with E-state index in [0.29, 0.717) is 6.07 Å². The number of benzene rings is 1. The maximum absolute atomic E-state index is 14.0. The van der Waals surface area contributed by atoms with Crippen LogP contribution in [0.4, 0.5) is 26.3 Å². The molecule has 176 valence electrons. The number of nitrogens with one attached hydrogen (secondary N) is 1. The van der Waals surface area contributed by atoms with Crippen LogP contribution < -0.4 is 4.72 Å². The first-order valence-corrected chi connectivity index (χ1v) is 11.3. The molecule has 2 aromatic rings. The molecule has 1 N–H and O–H groups in total. The van der Waals surface area contributed by atoms with Gasteiger partial charge in [-0.15, -0.1) is 0 Å². The summed E-state index contributed by atoms with van der Waals surface area (Å²) in [6, 6.07) is -0.505. The second kappa shape index (κ2) is 8.37. The second-order valence-corrected chi connectivity index (χ2v) is 12.4. The van der Waals surface area contributed by atoms with E-state index in [9.17, 15) is 30.6 Å². The third-order valence-electron chi connectivity index (χ3n) is 4.37. The highest BCUT2D eigenvalue weighted by molar-refractivity contribution is 9.10. The van der Waals surface area contributed by atoms with Gasteiger partial charge in [0, 0.05) is 33.7 Å². The van der Waals surface area contributed by atoms with E-state index in [1.807, 2.05) is 20.8 Å². The highest BCUT2D eigenvalue weighted by Gasteiger charge is 2.45. The summed E-state index contributed by atoms with van der Waals surface area (Å²) in [7, 11) is -2.10. The van der Waals surface area contributed by atoms with Crippen LogP contribution >= 0.6 is 15.9 Å². The van der Waals surface area contributed by atoms with Crippen molar-refractivity contribution in [2.24, 2.45) is 5.41 Å². The Hall–Kier alpha value is -1.07. The van der Waals surface area contributed by atoms with E-state index in [4.69, 9.17) is 0 Å². The Morgan fingerprint density at radius 3 is 2.00 bits per heavy atom. The molecule has 1 aromatic heterocycles. The molecule has 0 bridgehead atoms. The predicted molar refractivity (Wildman–Crippen MR) is 114 cm³/mol. The summed E-state index contributed by atoms with van der Waals surface area (Å²) in [5.74, 6) is 0. The fraction of sp³-hybridized carbons (Fsp3) is 0.600. The third kappa shape index (κ3) is 6.25. The molecular weight excluding hydrogens is 510 g/mol. The SMILES string of the molecule is CC(C)(C)Cn1cc([C@H](N[S@@](=O)C(C)(C)C)C(F)(F)F)c2cc(C(F)(F)F)c(Br)cc21. The third-order valence-corrected chi connectivity index (χ3v) is 6.59. The molecule has 11 heteroatoms. The van der Waals surface area contributed by atoms with Gasteiger partial charge in [0.1, 0.15) is 6.04 Å². The van der Waals surface area contributed by atoms with Gasteiger partial charge < -0.3 is 4.57 Å². The van der Waals surface area contributed by atoms with Crippen molar-refractivity contribution in [1.29, 1.82) is 0 Å². The van der Waals surface area contributed by atoms with Gasteiger partial charge in [0.15, 0.2) is 0 Å². The fourth-order valence-corrected chi connectivity index (χ4v) is 4.40. The average molecular weight is 535 g/mol. The number of aromatic nitrogens is 1. The van der Waals surface area contributed by atoms with Crippen LogP contribution in [0, 0.1) is 5.41 Å². The van der Waals surface area contributed by atoms with Crippen molar-refractivity contribution >= 4 is 37.8 Å². The van der Waals surface area contributed by atoms with Gasteiger partial charge in [-0.05, 0) is 38.3 Å². The van der Waals surface area contributed by atoms with Crippen molar-refractivity contribution in [2.75, 3.05) is 0 Å². The van der Waals surface area contributed by atoms with Gasteiger partial charge in [-0.25, -0.2) is 8.93 Å². The van der Waals surface area contributed by atoms with Gasteiger partial charge in [-0.3, -0.25) is 0 Å². The first kappa shape index (κ1) is 26.2. The van der Waals surface area contributed by atoms with Crippen molar-refractivity contribution in [3.8, 4) is 0 Å². The second-order valence-electron chi connectivity index (χ2n) is 9.59. The maximum atomic E-state index is 14.0. The van der Waals surface area contributed by atoms with E-state index in [1.165, 1.54) is 37.6 Å². The Morgan fingerprint density at radius 2 is 1.58 bits per heavy atom. The molecule has 0 radical (unpaired) electrons. The molecular formula is C20H25BrF6N2OS. The summed E-state index contributed by atoms with van der Waals surface area (Å²) in [5, 5.41) is -0.194. The van der Waals surface area contributed by atoms with Crippen molar-refractivity contribution in [3.05, 3.63) is 33.9 Å². The van der Waals surface area contributed by atoms with Crippen LogP contribution in [-0.4, -0.2) is 19.7 Å². The summed E-state index contributed by atoms with van der Waals surface area (Å²) in [6.07, 6.45) is -8.44. The monoisotopic (exact) mass is 534 g/mol. The van der Waals surface area contributed by atoms with Gasteiger partial charge in [-0.2, -0.15) is 26.3 Å². The van der Waals surface area contributed by atoms with Gasteiger partial charge in [0.25, 0.3) is 0 Å². The number of halogens is 7. The van der Waals surface area contributed by atoms with E-state index in [1.54, 1.807) is 0 Å². The van der Waals surface area contributed by atoms with Crippen LogP contribution in [0.1, 0.15) is 58.7 Å². The summed E-state index contributed by atoms with van der Waals surface area (Å²) >= 11 is 2.90. The van der Waals surface area contributed by atoms with Gasteiger partial charge in [0.2, 0.25) is 0 Å². The van der Waals surface area contributed by atoms with Crippen molar-refractivity contribution in [1.82, 2.24) is 9.29 Å². The number of rotatable bonds is 4. The van der Waals surface area contributed by atoms with E-state index >= 15 is 0 Å². The van der Waals surface area contributed by atoms with Crippen LogP contribution in [0.15, 0.2) is 22.8 Å². The Kier molecular flexibility index (Phi) is 7.07. The lowest BCUT2D eigenvalue weighted by Crippen LogP contribution is -2.41. The Bertz CT molecular complexity index is 983. The molecule has 0 saturated heterocycles. The van der Waals surface area contributed by atoms with Gasteiger partial charge in [-0.1, -0.05) is 36.7 Å². The zero-order valence-electron chi connectivity index (χ0n) is 17.9. The van der Waals surface area contributed by atoms with E-state index in [0.717, 1.165) is 0 Å². The fourth-order valence-electron chi connectivity index (χ4n) is 3.02. The normalized spacial score (nSPS) is 16.0. The zero-order chi connectivity index (χ0) is 24.2. The average Bonchev–Trinajstić information content (AvgIpc) is 2.84. The Labute approximate surface area is 188 Å². The van der Waals surface area contributed by atoms with Crippen LogP contribution in [0.2, 0.25) is 0 Å². The number of nitrogens with zero attached hydrogens (tertiary/aromatic N) is 1. The maximum Gasteiger partial charge on any atom is 0.417 e. The molecule has 0 spiro atoms. The summed E-state index contributed by atoms with van der Waals surface area (Å²) < 4.78 is 97.2. The molecule has 2 atom stereocenters. The zero-order valence-corrected chi connectivity index (χ0v) is 20.3. The first-order chi connectivity index (χ1) is 13.7. The van der Waals surface area contributed by atoms with E-state index in [-0.39, 0.29) is 27.3 Å². The lowest BCUT2D eigenvalue weighted by atomic mass is 9.97. The van der Waals surface area contributed by atoms with Gasteiger partial charge >= 0.3 is 12.4 Å². The molecule has 2 rings (SSSR count). The standard InChI is InChI=1S/C20H25BrF6N2OS/c1-17(2,3)10-29-9-12(16(20(25,26)27)28-31(30)18(4,5)6)11-7-13(19(22,23)24)14(21)8-15(11)29/h7-9,16,28H,10H2,1-6H3/t16-,31-/m0/s1. The molecule has 0 amide bonds. The quantitative estimate of drug-likeness (QED) is 0.416. The Morgan fingerprint density at radius 1 is 1.03 bits per heavy atom. The van der Waals surface area contributed by atoms with E-state index in [2.05, 4.69) is 20.7 Å². The van der Waals surface area contributed by atoms with Crippen LogP contribution in [0.25, 0.3) is 10.9 Å². The molecule has 0 aliphatic heterocycles. The van der Waals surface area contributed by atoms with Crippen LogP contribution in [0.3, 0.4) is 0 Å². The lowest BCUT2D eigenvalue weighted by molar-refractivity contribution is -0.152. The van der Waals surface area contributed by atoms with Crippen molar-refractivity contribution in [3.63, 3.8) is 0 Å². The molecule has 0 fully saturated rings. The molecule has 1 heterocycles. The smallest absolute Gasteiger partial charge is 0.347 e. The molecule has 0 aliphatic rings.